The first-order valence-electron chi connectivity index (χ1n) is 10.2. The molecule has 1 amide bonds. The molecule has 1 N–H and O–H groups in total. The van der Waals surface area contributed by atoms with Crippen LogP contribution >= 0.6 is 0 Å². The first-order valence-corrected chi connectivity index (χ1v) is 10.2. The number of nitrogens with zero attached hydrogens (tertiary/aromatic N) is 1. The molecule has 0 spiro atoms. The third-order valence-corrected chi connectivity index (χ3v) is 5.89. The van der Waals surface area contributed by atoms with Gasteiger partial charge in [0, 0.05) is 24.0 Å². The molecule has 2 aromatic rings. The first kappa shape index (κ1) is 17.6. The molecule has 1 atom stereocenters. The number of nitrogens with one attached hydrogen (secondary N) is 1. The van der Waals surface area contributed by atoms with E-state index in [2.05, 4.69) is 29.3 Å². The van der Waals surface area contributed by atoms with Crippen molar-refractivity contribution < 1.29 is 9.21 Å². The van der Waals surface area contributed by atoms with Crippen molar-refractivity contribution in [1.29, 1.82) is 0 Å². The number of benzene rings is 1. The van der Waals surface area contributed by atoms with Crippen LogP contribution in [0.25, 0.3) is 11.0 Å². The lowest BCUT2D eigenvalue weighted by molar-refractivity contribution is -0.120. The van der Waals surface area contributed by atoms with Crippen LogP contribution in [0.15, 0.2) is 22.8 Å². The van der Waals surface area contributed by atoms with Gasteiger partial charge < -0.3 is 14.6 Å². The Hall–Kier alpha value is -1.81. The summed E-state index contributed by atoms with van der Waals surface area (Å²) in [7, 11) is 0. The number of likely N-dealkylation sites (tertiary alicyclic amines) is 1. The maximum Gasteiger partial charge on any atom is 0.224 e. The predicted molar refractivity (Wildman–Crippen MR) is 104 cm³/mol. The Morgan fingerprint density at radius 3 is 2.73 bits per heavy atom. The highest BCUT2D eigenvalue weighted by Crippen LogP contribution is 2.30. The third-order valence-electron chi connectivity index (χ3n) is 5.89. The van der Waals surface area contributed by atoms with Crippen LogP contribution in [0.5, 0.6) is 0 Å². The molecule has 4 heteroatoms. The van der Waals surface area contributed by atoms with Crippen molar-refractivity contribution in [2.75, 3.05) is 26.2 Å². The maximum atomic E-state index is 12.4. The number of rotatable bonds is 6. The molecule has 1 aromatic carbocycles. The second kappa shape index (κ2) is 7.83. The average molecular weight is 354 g/mol. The zero-order valence-corrected chi connectivity index (χ0v) is 15.9. The summed E-state index contributed by atoms with van der Waals surface area (Å²) in [6.45, 7) is 6.49. The normalized spacial score (nSPS) is 18.8. The van der Waals surface area contributed by atoms with Crippen LogP contribution in [0.3, 0.4) is 0 Å². The zero-order chi connectivity index (χ0) is 17.9. The van der Waals surface area contributed by atoms with Crippen molar-refractivity contribution >= 4 is 16.9 Å². The molecule has 2 heterocycles. The topological polar surface area (TPSA) is 45.5 Å². The molecule has 1 aliphatic carbocycles. The lowest BCUT2D eigenvalue weighted by atomic mass is 10.0. The van der Waals surface area contributed by atoms with Gasteiger partial charge in [-0.1, -0.05) is 13.3 Å². The Balaban J connectivity index is 1.31. The molecule has 0 saturated carbocycles. The third kappa shape index (κ3) is 3.96. The van der Waals surface area contributed by atoms with E-state index in [9.17, 15) is 4.79 Å². The number of carbonyl (C=O) groups excluding carboxylic acids is 1. The molecule has 1 fully saturated rings. The number of aryl methyl sites for hydroxylation is 2. The van der Waals surface area contributed by atoms with Crippen LogP contribution < -0.4 is 5.32 Å². The number of amides is 1. The van der Waals surface area contributed by atoms with E-state index >= 15 is 0 Å². The van der Waals surface area contributed by atoms with Gasteiger partial charge in [-0.05, 0) is 74.4 Å². The highest BCUT2D eigenvalue weighted by Gasteiger charge is 2.18. The van der Waals surface area contributed by atoms with E-state index in [0.717, 1.165) is 42.5 Å². The van der Waals surface area contributed by atoms with Crippen molar-refractivity contribution in [3.63, 3.8) is 0 Å². The summed E-state index contributed by atoms with van der Waals surface area (Å²) in [6.07, 6.45) is 9.69. The molecule has 2 aliphatic rings. The Morgan fingerprint density at radius 1 is 1.15 bits per heavy atom. The van der Waals surface area contributed by atoms with Crippen molar-refractivity contribution in [2.45, 2.75) is 51.9 Å². The molecule has 1 aliphatic heterocycles. The predicted octanol–water partition coefficient (Wildman–Crippen LogP) is 3.70. The standard InChI is InChI=1S/C22H30N2O2/c1-16(14-24-8-3-2-4-9-24)13-23-22(25)12-19-15-26-21-11-18-7-5-6-17(18)10-20(19)21/h10-11,15-16H,2-9,12-14H2,1H3,(H,23,25). The van der Waals surface area contributed by atoms with E-state index < -0.39 is 0 Å². The highest BCUT2D eigenvalue weighted by atomic mass is 16.3. The van der Waals surface area contributed by atoms with E-state index in [-0.39, 0.29) is 5.91 Å². The summed E-state index contributed by atoms with van der Waals surface area (Å²) in [4.78, 5) is 15.0. The second-order valence-corrected chi connectivity index (χ2v) is 8.18. The van der Waals surface area contributed by atoms with Gasteiger partial charge in [0.15, 0.2) is 0 Å². The molecule has 26 heavy (non-hydrogen) atoms. The molecule has 140 valence electrons. The molecule has 4 rings (SSSR count). The molecule has 1 saturated heterocycles. The van der Waals surface area contributed by atoms with E-state index in [1.807, 2.05) is 0 Å². The summed E-state index contributed by atoms with van der Waals surface area (Å²) < 4.78 is 5.71. The van der Waals surface area contributed by atoms with E-state index in [1.165, 1.54) is 49.9 Å². The fraction of sp³-hybridized carbons (Fsp3) is 0.591. The average Bonchev–Trinajstić information content (AvgIpc) is 3.26. The number of fused-ring (bicyclic) bond motifs is 2. The van der Waals surface area contributed by atoms with Crippen LogP contribution in [0.4, 0.5) is 0 Å². The van der Waals surface area contributed by atoms with Crippen molar-refractivity contribution in [2.24, 2.45) is 5.92 Å². The number of furan rings is 1. The molecule has 0 bridgehead atoms. The Kier molecular flexibility index (Phi) is 5.30. The van der Waals surface area contributed by atoms with Gasteiger partial charge in [-0.15, -0.1) is 0 Å². The Bertz CT molecular complexity index is 774. The molecular weight excluding hydrogens is 324 g/mol. The lowest BCUT2D eigenvalue weighted by Gasteiger charge is -2.29. The van der Waals surface area contributed by atoms with Gasteiger partial charge in [-0.25, -0.2) is 0 Å². The van der Waals surface area contributed by atoms with Gasteiger partial charge in [0.2, 0.25) is 5.91 Å². The van der Waals surface area contributed by atoms with E-state index in [1.54, 1.807) is 6.26 Å². The van der Waals surface area contributed by atoms with Crippen LogP contribution in [0.1, 0.15) is 49.3 Å². The van der Waals surface area contributed by atoms with E-state index in [4.69, 9.17) is 4.42 Å². The minimum absolute atomic E-state index is 0.0960. The highest BCUT2D eigenvalue weighted by molar-refractivity contribution is 5.88. The largest absolute Gasteiger partial charge is 0.464 e. The summed E-state index contributed by atoms with van der Waals surface area (Å²) in [6, 6.07) is 4.41. The summed E-state index contributed by atoms with van der Waals surface area (Å²) in [5.74, 6) is 0.583. The lowest BCUT2D eigenvalue weighted by Crippen LogP contribution is -2.38. The first-order chi connectivity index (χ1) is 12.7. The fourth-order valence-electron chi connectivity index (χ4n) is 4.46. The Morgan fingerprint density at radius 2 is 1.92 bits per heavy atom. The molecule has 1 aromatic heterocycles. The van der Waals surface area contributed by atoms with Gasteiger partial charge in [0.25, 0.3) is 0 Å². The Labute approximate surface area is 155 Å². The second-order valence-electron chi connectivity index (χ2n) is 8.18. The van der Waals surface area contributed by atoms with Crippen LogP contribution in [0, 0.1) is 5.92 Å². The van der Waals surface area contributed by atoms with Gasteiger partial charge >= 0.3 is 0 Å². The van der Waals surface area contributed by atoms with Gasteiger partial charge in [-0.3, -0.25) is 4.79 Å². The quantitative estimate of drug-likeness (QED) is 0.860. The van der Waals surface area contributed by atoms with Crippen LogP contribution in [-0.4, -0.2) is 37.0 Å². The SMILES string of the molecule is CC(CNC(=O)Cc1coc2cc3c(cc12)CCC3)CN1CCCCC1. The molecule has 0 radical (unpaired) electrons. The number of hydrogen-bond acceptors (Lipinski definition) is 3. The summed E-state index contributed by atoms with van der Waals surface area (Å²) in [5.41, 5.74) is 4.77. The van der Waals surface area contributed by atoms with Gasteiger partial charge in [-0.2, -0.15) is 0 Å². The number of hydrogen-bond donors (Lipinski definition) is 1. The van der Waals surface area contributed by atoms with Crippen molar-refractivity contribution in [3.8, 4) is 0 Å². The summed E-state index contributed by atoms with van der Waals surface area (Å²) >= 11 is 0. The van der Waals surface area contributed by atoms with Crippen molar-refractivity contribution in [1.82, 2.24) is 10.2 Å². The summed E-state index contributed by atoms with van der Waals surface area (Å²) in [5, 5.41) is 4.23. The smallest absolute Gasteiger partial charge is 0.224 e. The van der Waals surface area contributed by atoms with Crippen molar-refractivity contribution in [3.05, 3.63) is 35.1 Å². The fourth-order valence-corrected chi connectivity index (χ4v) is 4.46. The van der Waals surface area contributed by atoms with Crippen LogP contribution in [-0.2, 0) is 24.1 Å². The number of piperidine rings is 1. The minimum atomic E-state index is 0.0960. The van der Waals surface area contributed by atoms with Gasteiger partial charge in [0.05, 0.1) is 12.7 Å². The molecular formula is C22H30N2O2. The van der Waals surface area contributed by atoms with Gasteiger partial charge in [0.1, 0.15) is 5.58 Å². The number of carbonyl (C=O) groups is 1. The maximum absolute atomic E-state index is 12.4. The minimum Gasteiger partial charge on any atom is -0.464 e. The monoisotopic (exact) mass is 354 g/mol. The molecule has 4 nitrogen and oxygen atoms in total. The van der Waals surface area contributed by atoms with Crippen LogP contribution in [0.2, 0.25) is 0 Å². The molecule has 1 unspecified atom stereocenters. The zero-order valence-electron chi connectivity index (χ0n) is 15.9. The van der Waals surface area contributed by atoms with E-state index in [0.29, 0.717) is 12.3 Å².